The fraction of sp³-hybridized carbons (Fsp3) is 1.00. The summed E-state index contributed by atoms with van der Waals surface area (Å²) >= 11 is 0. The van der Waals surface area contributed by atoms with Crippen molar-refractivity contribution in [3.63, 3.8) is 0 Å². The second-order valence-corrected chi connectivity index (χ2v) is 5.03. The Hall–Kier alpha value is 0.870. The molecule has 0 aliphatic carbocycles. The maximum Gasteiger partial charge on any atom is 0.266 e. The van der Waals surface area contributed by atoms with Gasteiger partial charge in [0.15, 0.2) is 0 Å². The van der Waals surface area contributed by atoms with E-state index in [0.29, 0.717) is 0 Å². The van der Waals surface area contributed by atoms with Crippen molar-refractivity contribution >= 4 is 39.7 Å². The first-order valence-electron chi connectivity index (χ1n) is 3.41. The minimum absolute atomic E-state index is 0. The van der Waals surface area contributed by atoms with Crippen molar-refractivity contribution in [2.45, 2.75) is 26.3 Å². The number of hydrogen-bond donors (Lipinski definition) is 2. The van der Waals surface area contributed by atoms with Crippen molar-refractivity contribution in [1.29, 1.82) is 0 Å². The molecule has 0 saturated heterocycles. The van der Waals surface area contributed by atoms with E-state index in [2.05, 4.69) is 5.32 Å². The number of nitrogens with one attached hydrogen (secondary N) is 1. The van der Waals surface area contributed by atoms with Crippen LogP contribution in [0.3, 0.4) is 0 Å². The van der Waals surface area contributed by atoms with Crippen LogP contribution in [0.25, 0.3) is 0 Å². The first kappa shape index (κ1) is 15.3. The van der Waals surface area contributed by atoms with Gasteiger partial charge in [0.1, 0.15) is 0 Å². The first-order chi connectivity index (χ1) is 4.71. The molecule has 12 heavy (non-hydrogen) atoms. The van der Waals surface area contributed by atoms with Gasteiger partial charge in [-0.25, -0.2) is 0 Å². The van der Waals surface area contributed by atoms with Crippen molar-refractivity contribution in [3.8, 4) is 0 Å². The predicted molar refractivity (Wildman–Crippen MR) is 49.9 cm³/mol. The SMILES string of the molecule is CC(C)(C)NCCS(=O)(=O)O.[Na]. The normalized spacial score (nSPS) is 12.3. The third-order valence-electron chi connectivity index (χ3n) is 1.02. The molecule has 0 saturated carbocycles. The average molecular weight is 204 g/mol. The summed E-state index contributed by atoms with van der Waals surface area (Å²) < 4.78 is 28.8. The second kappa shape index (κ2) is 5.57. The van der Waals surface area contributed by atoms with E-state index in [1.54, 1.807) is 0 Å². The summed E-state index contributed by atoms with van der Waals surface area (Å²) in [7, 11) is -3.81. The number of hydrogen-bond acceptors (Lipinski definition) is 3. The molecule has 1 radical (unpaired) electrons. The topological polar surface area (TPSA) is 66.4 Å². The Labute approximate surface area is 96.2 Å². The summed E-state index contributed by atoms with van der Waals surface area (Å²) in [5.41, 5.74) is -0.106. The molecule has 0 fully saturated rings. The summed E-state index contributed by atoms with van der Waals surface area (Å²) in [6.07, 6.45) is 0. The van der Waals surface area contributed by atoms with Crippen LogP contribution in [-0.2, 0) is 10.1 Å². The molecule has 0 spiro atoms. The Kier molecular flexibility index (Phi) is 7.12. The largest absolute Gasteiger partial charge is 0.311 e. The molecule has 0 aliphatic heterocycles. The average Bonchev–Trinajstić information content (AvgIpc) is 1.55. The van der Waals surface area contributed by atoms with Gasteiger partial charge in [-0.05, 0) is 20.8 Å². The molecule has 0 heterocycles. The molecule has 0 aliphatic rings. The fourth-order valence-corrected chi connectivity index (χ4v) is 0.915. The van der Waals surface area contributed by atoms with Gasteiger partial charge in [0.2, 0.25) is 0 Å². The molecule has 0 amide bonds. The van der Waals surface area contributed by atoms with E-state index in [1.807, 2.05) is 20.8 Å². The molecule has 69 valence electrons. The Bertz CT molecular complexity index is 207. The van der Waals surface area contributed by atoms with Crippen LogP contribution in [0.1, 0.15) is 20.8 Å². The molecule has 0 rings (SSSR count). The molecular formula is C6H15NNaO3S. The van der Waals surface area contributed by atoms with Crippen LogP contribution in [0.5, 0.6) is 0 Å². The van der Waals surface area contributed by atoms with Crippen molar-refractivity contribution in [2.75, 3.05) is 12.3 Å². The zero-order valence-electron chi connectivity index (χ0n) is 8.09. The van der Waals surface area contributed by atoms with Crippen molar-refractivity contribution in [1.82, 2.24) is 5.32 Å². The smallest absolute Gasteiger partial charge is 0.266 e. The maximum atomic E-state index is 10.2. The van der Waals surface area contributed by atoms with E-state index in [0.717, 1.165) is 0 Å². The van der Waals surface area contributed by atoms with Gasteiger partial charge in [-0.3, -0.25) is 4.55 Å². The Morgan fingerprint density at radius 1 is 1.33 bits per heavy atom. The van der Waals surface area contributed by atoms with Gasteiger partial charge in [-0.1, -0.05) is 0 Å². The summed E-state index contributed by atoms with van der Waals surface area (Å²) in [6, 6.07) is 0. The zero-order valence-corrected chi connectivity index (χ0v) is 10.9. The summed E-state index contributed by atoms with van der Waals surface area (Å²) in [5.74, 6) is -0.232. The molecule has 6 heteroatoms. The van der Waals surface area contributed by atoms with Crippen LogP contribution < -0.4 is 5.32 Å². The summed E-state index contributed by atoms with van der Waals surface area (Å²) in [6.45, 7) is 6.06. The van der Waals surface area contributed by atoms with Crippen molar-refractivity contribution < 1.29 is 13.0 Å². The predicted octanol–water partition coefficient (Wildman–Crippen LogP) is -0.118. The van der Waals surface area contributed by atoms with Gasteiger partial charge in [-0.15, -0.1) is 0 Å². The van der Waals surface area contributed by atoms with E-state index >= 15 is 0 Å². The van der Waals surface area contributed by atoms with Gasteiger partial charge in [0.05, 0.1) is 5.75 Å². The van der Waals surface area contributed by atoms with Crippen LogP contribution in [-0.4, -0.2) is 60.4 Å². The monoisotopic (exact) mass is 204 g/mol. The van der Waals surface area contributed by atoms with Crippen LogP contribution >= 0.6 is 0 Å². The van der Waals surface area contributed by atoms with Gasteiger partial charge < -0.3 is 5.32 Å². The van der Waals surface area contributed by atoms with Crippen molar-refractivity contribution in [2.24, 2.45) is 0 Å². The first-order valence-corrected chi connectivity index (χ1v) is 5.02. The quantitative estimate of drug-likeness (QED) is 0.497. The van der Waals surface area contributed by atoms with E-state index in [4.69, 9.17) is 4.55 Å². The Balaban J connectivity index is 0. The molecule has 2 N–H and O–H groups in total. The van der Waals surface area contributed by atoms with Crippen LogP contribution in [0, 0.1) is 0 Å². The Morgan fingerprint density at radius 3 is 2.00 bits per heavy atom. The van der Waals surface area contributed by atoms with Crippen molar-refractivity contribution in [3.05, 3.63) is 0 Å². The van der Waals surface area contributed by atoms with Gasteiger partial charge >= 0.3 is 0 Å². The van der Waals surface area contributed by atoms with Crippen LogP contribution in [0.15, 0.2) is 0 Å². The van der Waals surface area contributed by atoms with Gasteiger partial charge in [0.25, 0.3) is 10.1 Å². The molecule has 0 aromatic carbocycles. The molecule has 0 aromatic heterocycles. The number of rotatable bonds is 3. The second-order valence-electron chi connectivity index (χ2n) is 3.46. The molecule has 4 nitrogen and oxygen atoms in total. The van der Waals surface area contributed by atoms with E-state index in [-0.39, 0.29) is 47.4 Å². The standard InChI is InChI=1S/C6H15NO3S.Na/c1-6(2,3)7-4-5-11(8,9)10;/h7H,4-5H2,1-3H3,(H,8,9,10);. The molecular weight excluding hydrogens is 189 g/mol. The molecule has 0 aromatic rings. The van der Waals surface area contributed by atoms with Crippen LogP contribution in [0.4, 0.5) is 0 Å². The van der Waals surface area contributed by atoms with E-state index in [1.165, 1.54) is 0 Å². The van der Waals surface area contributed by atoms with Gasteiger partial charge in [-0.2, -0.15) is 8.42 Å². The molecule has 0 unspecified atom stereocenters. The zero-order chi connectivity index (χ0) is 9.12. The van der Waals surface area contributed by atoms with Gasteiger partial charge in [0, 0.05) is 41.6 Å². The molecule has 0 atom stereocenters. The van der Waals surface area contributed by atoms with E-state index < -0.39 is 10.1 Å². The minimum Gasteiger partial charge on any atom is -0.311 e. The molecule has 0 bridgehead atoms. The Morgan fingerprint density at radius 2 is 1.75 bits per heavy atom. The third-order valence-corrected chi connectivity index (χ3v) is 1.74. The minimum atomic E-state index is -3.81. The van der Waals surface area contributed by atoms with E-state index in [9.17, 15) is 8.42 Å². The summed E-state index contributed by atoms with van der Waals surface area (Å²) in [5, 5.41) is 2.94. The third kappa shape index (κ3) is 13.5. The van der Waals surface area contributed by atoms with Crippen LogP contribution in [0.2, 0.25) is 0 Å². The summed E-state index contributed by atoms with van der Waals surface area (Å²) in [4.78, 5) is 0. The maximum absolute atomic E-state index is 10.2. The fourth-order valence-electron chi connectivity index (χ4n) is 0.555.